The molecule has 0 atom stereocenters. The van der Waals surface area contributed by atoms with Gasteiger partial charge in [-0.05, 0) is 62.4 Å². The first-order valence-corrected chi connectivity index (χ1v) is 12.3. The fourth-order valence-corrected chi connectivity index (χ4v) is 5.57. The highest BCUT2D eigenvalue weighted by Gasteiger charge is 2.22. The Morgan fingerprint density at radius 3 is 2.56 bits per heavy atom. The average Bonchev–Trinajstić information content (AvgIpc) is 3.18. The number of nitrogens with zero attached hydrogens (tertiary/aromatic N) is 3. The predicted molar refractivity (Wildman–Crippen MR) is 133 cm³/mol. The van der Waals surface area contributed by atoms with Gasteiger partial charge in [-0.3, -0.25) is 14.6 Å². The van der Waals surface area contributed by atoms with E-state index in [0.29, 0.717) is 13.0 Å². The molecule has 4 rings (SSSR count). The van der Waals surface area contributed by atoms with Crippen molar-refractivity contribution in [2.45, 2.75) is 40.5 Å². The first kappa shape index (κ1) is 22.9. The van der Waals surface area contributed by atoms with Crippen molar-refractivity contribution in [3.05, 3.63) is 58.1 Å². The van der Waals surface area contributed by atoms with E-state index < -0.39 is 0 Å². The lowest BCUT2D eigenvalue weighted by molar-refractivity contribution is -0.118. The van der Waals surface area contributed by atoms with Crippen molar-refractivity contribution in [3.63, 3.8) is 0 Å². The predicted octanol–water partition coefficient (Wildman–Crippen LogP) is 4.83. The Morgan fingerprint density at radius 1 is 1.06 bits per heavy atom. The lowest BCUT2D eigenvalue weighted by Crippen LogP contribution is -2.39. The van der Waals surface area contributed by atoms with Gasteiger partial charge in [-0.15, -0.1) is 0 Å². The number of aryl methyl sites for hydroxylation is 4. The number of carbonyl (C=O) groups is 1. The fourth-order valence-electron chi connectivity index (χ4n) is 4.38. The number of benzene rings is 2. The van der Waals surface area contributed by atoms with Gasteiger partial charge in [-0.2, -0.15) is 0 Å². The largest absolute Gasteiger partial charge is 0.379 e. The maximum absolute atomic E-state index is 13.5. The van der Waals surface area contributed by atoms with E-state index in [1.54, 1.807) is 11.3 Å². The van der Waals surface area contributed by atoms with Crippen LogP contribution in [0.3, 0.4) is 0 Å². The number of hydrogen-bond acceptors (Lipinski definition) is 5. The van der Waals surface area contributed by atoms with E-state index in [4.69, 9.17) is 9.72 Å². The van der Waals surface area contributed by atoms with Gasteiger partial charge in [0.15, 0.2) is 5.13 Å². The minimum absolute atomic E-state index is 0.118. The van der Waals surface area contributed by atoms with E-state index in [1.807, 2.05) is 4.90 Å². The number of aromatic nitrogens is 1. The summed E-state index contributed by atoms with van der Waals surface area (Å²) in [5.41, 5.74) is 6.88. The van der Waals surface area contributed by atoms with Gasteiger partial charge < -0.3 is 4.74 Å². The SMILES string of the molecule is Cc1ccc(CC(=O)N(CCCN2CCOCC2)c2nc3c(C)cc(C)cc3s2)c(C)c1. The van der Waals surface area contributed by atoms with Crippen molar-refractivity contribution in [2.24, 2.45) is 0 Å². The highest BCUT2D eigenvalue weighted by atomic mass is 32.1. The number of fused-ring (bicyclic) bond motifs is 1. The molecule has 0 N–H and O–H groups in total. The lowest BCUT2D eigenvalue weighted by atomic mass is 10.0. The van der Waals surface area contributed by atoms with Crippen LogP contribution < -0.4 is 4.90 Å². The maximum Gasteiger partial charge on any atom is 0.233 e. The third kappa shape index (κ3) is 5.37. The third-order valence-electron chi connectivity index (χ3n) is 6.15. The van der Waals surface area contributed by atoms with Crippen molar-refractivity contribution in [3.8, 4) is 0 Å². The summed E-state index contributed by atoms with van der Waals surface area (Å²) in [6.45, 7) is 13.6. The van der Waals surface area contributed by atoms with Crippen molar-refractivity contribution >= 4 is 32.6 Å². The number of thiazole rings is 1. The van der Waals surface area contributed by atoms with Gasteiger partial charge in [0.25, 0.3) is 0 Å². The first-order valence-electron chi connectivity index (χ1n) is 11.4. The molecule has 1 aromatic heterocycles. The average molecular weight is 452 g/mol. The zero-order valence-corrected chi connectivity index (χ0v) is 20.4. The second kappa shape index (κ2) is 10.1. The number of anilines is 1. The molecule has 0 unspecified atom stereocenters. The third-order valence-corrected chi connectivity index (χ3v) is 7.18. The highest BCUT2D eigenvalue weighted by molar-refractivity contribution is 7.22. The number of carbonyl (C=O) groups excluding carboxylic acids is 1. The minimum Gasteiger partial charge on any atom is -0.379 e. The van der Waals surface area contributed by atoms with Crippen LogP contribution in [0.2, 0.25) is 0 Å². The van der Waals surface area contributed by atoms with Crippen molar-refractivity contribution in [1.82, 2.24) is 9.88 Å². The van der Waals surface area contributed by atoms with E-state index in [0.717, 1.165) is 65.7 Å². The minimum atomic E-state index is 0.118. The first-order chi connectivity index (χ1) is 15.4. The normalized spacial score (nSPS) is 14.8. The van der Waals surface area contributed by atoms with Crippen LogP contribution in [0.4, 0.5) is 5.13 Å². The second-order valence-electron chi connectivity index (χ2n) is 8.88. The molecule has 0 saturated carbocycles. The monoisotopic (exact) mass is 451 g/mol. The Bertz CT molecular complexity index is 1100. The topological polar surface area (TPSA) is 45.7 Å². The maximum atomic E-state index is 13.5. The molecule has 32 heavy (non-hydrogen) atoms. The molecule has 2 aromatic carbocycles. The molecule has 5 nitrogen and oxygen atoms in total. The molecule has 0 bridgehead atoms. The summed E-state index contributed by atoms with van der Waals surface area (Å²) >= 11 is 1.63. The summed E-state index contributed by atoms with van der Waals surface area (Å²) in [5, 5.41) is 0.811. The van der Waals surface area contributed by atoms with Crippen LogP contribution in [0.5, 0.6) is 0 Å². The molecule has 3 aromatic rings. The lowest BCUT2D eigenvalue weighted by Gasteiger charge is -2.27. The van der Waals surface area contributed by atoms with Gasteiger partial charge >= 0.3 is 0 Å². The zero-order chi connectivity index (χ0) is 22.7. The van der Waals surface area contributed by atoms with Crippen LogP contribution in [-0.4, -0.2) is 55.2 Å². The fraction of sp³-hybridized carbons (Fsp3) is 0.462. The highest BCUT2D eigenvalue weighted by Crippen LogP contribution is 2.32. The standard InChI is InChI=1S/C26H33N3O2S/c1-18-6-7-22(20(3)14-18)17-24(30)29(9-5-8-28-10-12-31-13-11-28)26-27-25-21(4)15-19(2)16-23(25)32-26/h6-7,14-16H,5,8-13,17H2,1-4H3. The Balaban J connectivity index is 1.56. The number of ether oxygens (including phenoxy) is 1. The summed E-state index contributed by atoms with van der Waals surface area (Å²) in [4.78, 5) is 22.8. The van der Waals surface area contributed by atoms with E-state index in [2.05, 4.69) is 62.9 Å². The zero-order valence-electron chi connectivity index (χ0n) is 19.6. The molecular weight excluding hydrogens is 418 g/mol. The van der Waals surface area contributed by atoms with Crippen LogP contribution in [0.1, 0.15) is 34.2 Å². The van der Waals surface area contributed by atoms with E-state index >= 15 is 0 Å². The van der Waals surface area contributed by atoms with E-state index in [-0.39, 0.29) is 5.91 Å². The smallest absolute Gasteiger partial charge is 0.233 e. The molecule has 2 heterocycles. The van der Waals surface area contributed by atoms with Gasteiger partial charge in [0.1, 0.15) is 0 Å². The van der Waals surface area contributed by atoms with Crippen LogP contribution in [-0.2, 0) is 16.0 Å². The summed E-state index contributed by atoms with van der Waals surface area (Å²) in [7, 11) is 0. The quantitative estimate of drug-likeness (QED) is 0.516. The van der Waals surface area contributed by atoms with Gasteiger partial charge in [0.2, 0.25) is 5.91 Å². The molecule has 1 amide bonds. The second-order valence-corrected chi connectivity index (χ2v) is 9.89. The molecule has 0 aliphatic carbocycles. The Kier molecular flexibility index (Phi) is 7.23. The summed E-state index contributed by atoms with van der Waals surface area (Å²) in [5.74, 6) is 0.118. The number of amides is 1. The van der Waals surface area contributed by atoms with E-state index in [9.17, 15) is 4.79 Å². The Labute approximate surface area is 195 Å². The Morgan fingerprint density at radius 2 is 1.81 bits per heavy atom. The van der Waals surface area contributed by atoms with Crippen LogP contribution in [0.25, 0.3) is 10.2 Å². The molecule has 1 saturated heterocycles. The molecule has 1 aliphatic heterocycles. The summed E-state index contributed by atoms with van der Waals surface area (Å²) in [6.07, 6.45) is 1.32. The Hall–Kier alpha value is -2.28. The van der Waals surface area contributed by atoms with Crippen LogP contribution in [0, 0.1) is 27.7 Å². The van der Waals surface area contributed by atoms with E-state index in [1.165, 1.54) is 16.7 Å². The van der Waals surface area contributed by atoms with Crippen LogP contribution in [0.15, 0.2) is 30.3 Å². The van der Waals surface area contributed by atoms with Gasteiger partial charge in [-0.25, -0.2) is 4.98 Å². The molecule has 1 aliphatic rings. The van der Waals surface area contributed by atoms with Gasteiger partial charge in [-0.1, -0.05) is 41.2 Å². The van der Waals surface area contributed by atoms with Gasteiger partial charge in [0, 0.05) is 26.2 Å². The van der Waals surface area contributed by atoms with Crippen molar-refractivity contribution < 1.29 is 9.53 Å². The van der Waals surface area contributed by atoms with Crippen LogP contribution >= 0.6 is 11.3 Å². The molecule has 0 spiro atoms. The summed E-state index contributed by atoms with van der Waals surface area (Å²) < 4.78 is 6.61. The molecule has 170 valence electrons. The van der Waals surface area contributed by atoms with Crippen molar-refractivity contribution in [2.75, 3.05) is 44.3 Å². The number of hydrogen-bond donors (Lipinski definition) is 0. The number of morpholine rings is 1. The molecule has 0 radical (unpaired) electrons. The molecular formula is C26H33N3O2S. The molecule has 6 heteroatoms. The number of rotatable bonds is 7. The summed E-state index contributed by atoms with van der Waals surface area (Å²) in [6, 6.07) is 10.6. The van der Waals surface area contributed by atoms with Crippen molar-refractivity contribution in [1.29, 1.82) is 0 Å². The van der Waals surface area contributed by atoms with Gasteiger partial charge in [0.05, 0.1) is 29.9 Å². The molecule has 1 fully saturated rings.